The molecule has 4 rings (SSSR count). The molecule has 11 heteroatoms. The monoisotopic (exact) mass is 395 g/mol. The van der Waals surface area contributed by atoms with Gasteiger partial charge in [-0.05, 0) is 6.07 Å². The number of thiazole rings is 1. The number of rotatable bonds is 5. The van der Waals surface area contributed by atoms with E-state index in [1.165, 1.54) is 11.3 Å². The third kappa shape index (κ3) is 3.74. The van der Waals surface area contributed by atoms with E-state index in [0.29, 0.717) is 17.6 Å². The molecule has 0 amide bonds. The smallest absolute Gasteiger partial charge is 0.224 e. The van der Waals surface area contributed by atoms with Crippen molar-refractivity contribution in [3.63, 3.8) is 0 Å². The molecule has 140 valence electrons. The van der Waals surface area contributed by atoms with Crippen LogP contribution in [0.2, 0.25) is 0 Å². The fourth-order valence-corrected chi connectivity index (χ4v) is 6.04. The van der Waals surface area contributed by atoms with Gasteiger partial charge in [0.2, 0.25) is 5.95 Å². The predicted octanol–water partition coefficient (Wildman–Crippen LogP) is -0.255. The van der Waals surface area contributed by atoms with E-state index in [-0.39, 0.29) is 23.6 Å². The highest BCUT2D eigenvalue weighted by Crippen LogP contribution is 2.25. The summed E-state index contributed by atoms with van der Waals surface area (Å²) in [5, 5.41) is 9.02. The van der Waals surface area contributed by atoms with Crippen LogP contribution < -0.4 is 21.3 Å². The van der Waals surface area contributed by atoms with Gasteiger partial charge in [0.25, 0.3) is 0 Å². The summed E-state index contributed by atoms with van der Waals surface area (Å²) < 4.78 is 24.0. The van der Waals surface area contributed by atoms with Gasteiger partial charge in [0.15, 0.2) is 15.0 Å². The van der Waals surface area contributed by atoms with Gasteiger partial charge in [0.1, 0.15) is 5.82 Å². The highest BCUT2D eigenvalue weighted by molar-refractivity contribution is 7.91. The van der Waals surface area contributed by atoms with Crippen molar-refractivity contribution in [1.82, 2.24) is 20.3 Å². The lowest BCUT2D eigenvalue weighted by Gasteiger charge is -2.38. The summed E-state index contributed by atoms with van der Waals surface area (Å²) in [6, 6.07) is 1.73. The second-order valence-corrected chi connectivity index (χ2v) is 9.53. The quantitative estimate of drug-likeness (QED) is 0.628. The molecule has 2 fully saturated rings. The summed E-state index contributed by atoms with van der Waals surface area (Å²) in [5.74, 6) is 1.65. The Morgan fingerprint density at radius 3 is 3.08 bits per heavy atom. The maximum atomic E-state index is 12.0. The fourth-order valence-electron chi connectivity index (χ4n) is 3.49. The number of nitrogens with zero attached hydrogens (tertiary/aromatic N) is 4. The number of nitrogen functional groups attached to an aromatic ring is 1. The summed E-state index contributed by atoms with van der Waals surface area (Å²) in [5.41, 5.74) is 6.58. The minimum Gasteiger partial charge on any atom is -0.375 e. The third-order valence-electron chi connectivity index (χ3n) is 4.65. The second kappa shape index (κ2) is 6.97. The van der Waals surface area contributed by atoms with Crippen molar-refractivity contribution in [2.75, 3.05) is 47.1 Å². The van der Waals surface area contributed by atoms with Gasteiger partial charge < -0.3 is 21.3 Å². The summed E-state index contributed by atoms with van der Waals surface area (Å²) in [6.07, 6.45) is 2.43. The summed E-state index contributed by atoms with van der Waals surface area (Å²) >= 11 is 1.43. The Kier molecular flexibility index (Phi) is 4.67. The number of piperazine rings is 1. The van der Waals surface area contributed by atoms with Crippen molar-refractivity contribution in [1.29, 1.82) is 0 Å². The van der Waals surface area contributed by atoms with Crippen molar-refractivity contribution >= 4 is 38.1 Å². The number of hydrogen-bond acceptors (Lipinski definition) is 10. The Morgan fingerprint density at radius 2 is 2.27 bits per heavy atom. The van der Waals surface area contributed by atoms with Crippen molar-refractivity contribution < 1.29 is 8.42 Å². The van der Waals surface area contributed by atoms with Crippen LogP contribution in [0.5, 0.6) is 0 Å². The molecule has 0 bridgehead atoms. The minimum atomic E-state index is -3.00. The van der Waals surface area contributed by atoms with E-state index < -0.39 is 9.84 Å². The molecule has 4 N–H and O–H groups in total. The highest BCUT2D eigenvalue weighted by Gasteiger charge is 2.43. The molecule has 0 saturated carbocycles. The first kappa shape index (κ1) is 17.4. The Balaban J connectivity index is 1.43. The van der Waals surface area contributed by atoms with Gasteiger partial charge in [0.05, 0.1) is 23.2 Å². The van der Waals surface area contributed by atoms with Gasteiger partial charge >= 0.3 is 0 Å². The summed E-state index contributed by atoms with van der Waals surface area (Å²) in [4.78, 5) is 15.1. The molecular formula is C15H21N7O2S2. The molecule has 0 unspecified atom stereocenters. The van der Waals surface area contributed by atoms with Crippen LogP contribution in [-0.2, 0) is 16.3 Å². The van der Waals surface area contributed by atoms with Gasteiger partial charge in [0, 0.05) is 43.7 Å². The maximum absolute atomic E-state index is 12.0. The lowest BCUT2D eigenvalue weighted by atomic mass is 10.1. The van der Waals surface area contributed by atoms with Crippen LogP contribution in [0.1, 0.15) is 5.69 Å². The molecule has 2 aliphatic heterocycles. The minimum absolute atomic E-state index is 0.0322. The van der Waals surface area contributed by atoms with E-state index in [1.807, 2.05) is 11.4 Å². The molecule has 4 heterocycles. The number of aromatic nitrogens is 3. The average Bonchev–Trinajstić information content (AvgIpc) is 3.15. The Bertz CT molecular complexity index is 886. The van der Waals surface area contributed by atoms with Crippen LogP contribution in [0.4, 0.5) is 16.9 Å². The van der Waals surface area contributed by atoms with Crippen molar-refractivity contribution in [2.45, 2.75) is 18.5 Å². The van der Waals surface area contributed by atoms with E-state index in [2.05, 4.69) is 30.5 Å². The number of nitrogens with one attached hydrogen (secondary N) is 2. The van der Waals surface area contributed by atoms with Gasteiger partial charge in [-0.25, -0.2) is 18.4 Å². The number of nitrogens with two attached hydrogens (primary N) is 1. The SMILES string of the molecule is Nc1nc(CCNc2nccc(N3CCN[C@@H]4CS(=O)(=O)C[C@@H]43)n2)cs1. The van der Waals surface area contributed by atoms with Crippen LogP contribution in [0, 0.1) is 0 Å². The van der Waals surface area contributed by atoms with E-state index in [9.17, 15) is 8.42 Å². The van der Waals surface area contributed by atoms with E-state index in [4.69, 9.17) is 5.73 Å². The Hall–Kier alpha value is -1.98. The number of sulfone groups is 1. The molecule has 0 radical (unpaired) electrons. The highest BCUT2D eigenvalue weighted by atomic mass is 32.2. The molecule has 0 aromatic carbocycles. The van der Waals surface area contributed by atoms with E-state index >= 15 is 0 Å². The normalized spacial score (nSPS) is 24.4. The first-order valence-corrected chi connectivity index (χ1v) is 11.2. The zero-order valence-electron chi connectivity index (χ0n) is 14.1. The van der Waals surface area contributed by atoms with Crippen molar-refractivity contribution in [3.05, 3.63) is 23.3 Å². The average molecular weight is 396 g/mol. The molecule has 9 nitrogen and oxygen atoms in total. The van der Waals surface area contributed by atoms with Gasteiger partial charge in [-0.15, -0.1) is 11.3 Å². The summed E-state index contributed by atoms with van der Waals surface area (Å²) in [6.45, 7) is 2.12. The Morgan fingerprint density at radius 1 is 1.38 bits per heavy atom. The molecule has 0 aliphatic carbocycles. The van der Waals surface area contributed by atoms with Gasteiger partial charge in [-0.1, -0.05) is 0 Å². The second-order valence-electron chi connectivity index (χ2n) is 6.49. The molecule has 2 aromatic rings. The molecule has 2 saturated heterocycles. The van der Waals surface area contributed by atoms with E-state index in [1.54, 1.807) is 6.20 Å². The predicted molar refractivity (Wildman–Crippen MR) is 102 cm³/mol. The van der Waals surface area contributed by atoms with Crippen molar-refractivity contribution in [2.24, 2.45) is 0 Å². The van der Waals surface area contributed by atoms with E-state index in [0.717, 1.165) is 31.0 Å². The zero-order chi connectivity index (χ0) is 18.1. The van der Waals surface area contributed by atoms with Crippen LogP contribution in [-0.4, -0.2) is 66.6 Å². The molecule has 26 heavy (non-hydrogen) atoms. The number of anilines is 3. The lowest BCUT2D eigenvalue weighted by Crippen LogP contribution is -2.57. The number of fused-ring (bicyclic) bond motifs is 1. The summed E-state index contributed by atoms with van der Waals surface area (Å²) in [7, 11) is -3.00. The van der Waals surface area contributed by atoms with Crippen molar-refractivity contribution in [3.8, 4) is 0 Å². The molecule has 0 spiro atoms. The lowest BCUT2D eigenvalue weighted by molar-refractivity contribution is 0.423. The van der Waals surface area contributed by atoms with Crippen LogP contribution in [0.15, 0.2) is 17.6 Å². The topological polar surface area (TPSA) is 126 Å². The van der Waals surface area contributed by atoms with Gasteiger partial charge in [-0.2, -0.15) is 4.98 Å². The Labute approximate surface area is 156 Å². The van der Waals surface area contributed by atoms with Crippen LogP contribution in [0.3, 0.4) is 0 Å². The third-order valence-corrected chi connectivity index (χ3v) is 7.09. The zero-order valence-corrected chi connectivity index (χ0v) is 15.8. The van der Waals surface area contributed by atoms with Crippen LogP contribution >= 0.6 is 11.3 Å². The first-order valence-electron chi connectivity index (χ1n) is 8.47. The maximum Gasteiger partial charge on any atom is 0.224 e. The number of hydrogen-bond donors (Lipinski definition) is 3. The first-order chi connectivity index (χ1) is 12.5. The molecular weight excluding hydrogens is 374 g/mol. The van der Waals surface area contributed by atoms with Crippen LogP contribution in [0.25, 0.3) is 0 Å². The molecule has 2 aromatic heterocycles. The molecule has 2 aliphatic rings. The standard InChI is InChI=1S/C15H21N7O2S2/c16-14-20-10(7-25-14)1-3-18-15-19-4-2-13(21-15)22-6-5-17-11-8-26(23,24)9-12(11)22/h2,4,7,11-12,17H,1,3,5-6,8-9H2,(H2,16,20)(H,18,19,21)/t11-,12+/m1/s1. The largest absolute Gasteiger partial charge is 0.375 e. The fraction of sp³-hybridized carbons (Fsp3) is 0.533. The molecule has 2 atom stereocenters. The van der Waals surface area contributed by atoms with Gasteiger partial charge in [-0.3, -0.25) is 0 Å².